The molecule has 0 aliphatic rings. The van der Waals surface area contributed by atoms with Crippen LogP contribution < -0.4 is 10.1 Å². The number of H-pyrrole nitrogens is 1. The van der Waals surface area contributed by atoms with Gasteiger partial charge in [0.05, 0.1) is 24.6 Å². The van der Waals surface area contributed by atoms with E-state index in [0.717, 1.165) is 10.9 Å². The van der Waals surface area contributed by atoms with Crippen LogP contribution in [-0.2, 0) is 12.7 Å². The van der Waals surface area contributed by atoms with Gasteiger partial charge in [0.2, 0.25) is 0 Å². The van der Waals surface area contributed by atoms with E-state index in [-0.39, 0.29) is 12.4 Å². The zero-order valence-corrected chi connectivity index (χ0v) is 15.5. The number of amides is 1. The van der Waals surface area contributed by atoms with Gasteiger partial charge in [-0.2, -0.15) is 23.4 Å². The standard InChI is InChI=1S/C17H15ClF3N5O2/c1-3-26-15(17(19,20)21)11(8-22-26)16(27)23-14-7-12(24-25-14)10-6-9(18)4-5-13(10)28-2/h4-8H,3H2,1-2H3,(H2,23,24,25,27). The van der Waals surface area contributed by atoms with Crippen molar-refractivity contribution in [3.05, 3.63) is 46.7 Å². The van der Waals surface area contributed by atoms with Crippen molar-refractivity contribution in [1.82, 2.24) is 20.0 Å². The molecule has 2 heterocycles. The molecule has 1 aromatic carbocycles. The van der Waals surface area contributed by atoms with Gasteiger partial charge in [-0.25, -0.2) is 0 Å². The molecule has 2 N–H and O–H groups in total. The monoisotopic (exact) mass is 413 g/mol. The minimum absolute atomic E-state index is 0.0246. The fraction of sp³-hybridized carbons (Fsp3) is 0.235. The normalized spacial score (nSPS) is 11.5. The smallest absolute Gasteiger partial charge is 0.433 e. The molecule has 28 heavy (non-hydrogen) atoms. The second-order valence-electron chi connectivity index (χ2n) is 5.69. The molecule has 0 saturated heterocycles. The van der Waals surface area contributed by atoms with E-state index in [2.05, 4.69) is 20.6 Å². The van der Waals surface area contributed by atoms with Crippen molar-refractivity contribution in [3.8, 4) is 17.0 Å². The Morgan fingerprint density at radius 1 is 1.36 bits per heavy atom. The summed E-state index contributed by atoms with van der Waals surface area (Å²) in [6.07, 6.45) is -3.83. The summed E-state index contributed by atoms with van der Waals surface area (Å²) in [5, 5.41) is 13.0. The minimum atomic E-state index is -4.72. The van der Waals surface area contributed by atoms with Gasteiger partial charge in [-0.15, -0.1) is 0 Å². The van der Waals surface area contributed by atoms with Crippen LogP contribution in [0, 0.1) is 0 Å². The largest absolute Gasteiger partial charge is 0.496 e. The molecule has 0 spiro atoms. The Bertz CT molecular complexity index is 1010. The Kier molecular flexibility index (Phi) is 5.32. The highest BCUT2D eigenvalue weighted by Crippen LogP contribution is 2.34. The molecule has 148 valence electrons. The van der Waals surface area contributed by atoms with Crippen molar-refractivity contribution in [2.24, 2.45) is 0 Å². The SMILES string of the molecule is CCn1ncc(C(=O)Nc2cc(-c3cc(Cl)ccc3OC)[nH]n2)c1C(F)(F)F. The van der Waals surface area contributed by atoms with E-state index in [4.69, 9.17) is 16.3 Å². The number of hydrogen-bond acceptors (Lipinski definition) is 4. The fourth-order valence-corrected chi connectivity index (χ4v) is 2.86. The van der Waals surface area contributed by atoms with Crippen molar-refractivity contribution in [2.45, 2.75) is 19.6 Å². The number of alkyl halides is 3. The van der Waals surface area contributed by atoms with E-state index < -0.39 is 23.3 Å². The van der Waals surface area contributed by atoms with E-state index in [0.29, 0.717) is 22.0 Å². The first-order chi connectivity index (χ1) is 13.2. The second-order valence-corrected chi connectivity index (χ2v) is 6.12. The van der Waals surface area contributed by atoms with E-state index in [1.807, 2.05) is 0 Å². The molecule has 3 aromatic rings. The van der Waals surface area contributed by atoms with Crippen LogP contribution in [-0.4, -0.2) is 33.0 Å². The molecule has 1 amide bonds. The summed E-state index contributed by atoms with van der Waals surface area (Å²) >= 11 is 6.00. The van der Waals surface area contributed by atoms with Crippen LogP contribution in [0.25, 0.3) is 11.3 Å². The highest BCUT2D eigenvalue weighted by Gasteiger charge is 2.39. The Hall–Kier alpha value is -3.01. The minimum Gasteiger partial charge on any atom is -0.496 e. The third-order valence-electron chi connectivity index (χ3n) is 3.92. The number of anilines is 1. The highest BCUT2D eigenvalue weighted by atomic mass is 35.5. The van der Waals surface area contributed by atoms with E-state index >= 15 is 0 Å². The number of aromatic amines is 1. The van der Waals surface area contributed by atoms with Gasteiger partial charge in [0, 0.05) is 23.2 Å². The van der Waals surface area contributed by atoms with Gasteiger partial charge in [0.1, 0.15) is 5.75 Å². The summed E-state index contributed by atoms with van der Waals surface area (Å²) in [6.45, 7) is 1.48. The first-order valence-corrected chi connectivity index (χ1v) is 8.46. The number of aromatic nitrogens is 4. The number of hydrogen-bond donors (Lipinski definition) is 2. The number of benzene rings is 1. The average Bonchev–Trinajstić information content (AvgIpc) is 3.28. The lowest BCUT2D eigenvalue weighted by Crippen LogP contribution is -2.21. The predicted octanol–water partition coefficient (Wildman–Crippen LogP) is 4.23. The van der Waals surface area contributed by atoms with Crippen LogP contribution in [0.4, 0.5) is 19.0 Å². The zero-order valence-electron chi connectivity index (χ0n) is 14.8. The van der Waals surface area contributed by atoms with Crippen LogP contribution in [0.15, 0.2) is 30.5 Å². The molecule has 7 nitrogen and oxygen atoms in total. The quantitative estimate of drug-likeness (QED) is 0.655. The van der Waals surface area contributed by atoms with Crippen LogP contribution in [0.5, 0.6) is 5.75 Å². The van der Waals surface area contributed by atoms with Gasteiger partial charge in [0.25, 0.3) is 5.91 Å². The molecule has 0 atom stereocenters. The molecule has 0 bridgehead atoms. The van der Waals surface area contributed by atoms with E-state index in [1.165, 1.54) is 20.1 Å². The number of methoxy groups -OCH3 is 1. The van der Waals surface area contributed by atoms with E-state index in [9.17, 15) is 18.0 Å². The molecule has 0 saturated carbocycles. The van der Waals surface area contributed by atoms with Crippen LogP contribution in [0.1, 0.15) is 23.0 Å². The van der Waals surface area contributed by atoms with Gasteiger partial charge < -0.3 is 10.1 Å². The maximum atomic E-state index is 13.3. The van der Waals surface area contributed by atoms with Crippen LogP contribution >= 0.6 is 11.6 Å². The van der Waals surface area contributed by atoms with Crippen molar-refractivity contribution in [1.29, 1.82) is 0 Å². The Labute approximate surface area is 162 Å². The number of rotatable bonds is 5. The maximum absolute atomic E-state index is 13.3. The summed E-state index contributed by atoms with van der Waals surface area (Å²) in [7, 11) is 1.48. The Morgan fingerprint density at radius 3 is 2.75 bits per heavy atom. The van der Waals surface area contributed by atoms with Crippen LogP contribution in [0.2, 0.25) is 5.02 Å². The molecule has 0 radical (unpaired) electrons. The predicted molar refractivity (Wildman–Crippen MR) is 96.4 cm³/mol. The lowest BCUT2D eigenvalue weighted by Gasteiger charge is -2.10. The third kappa shape index (κ3) is 3.81. The van der Waals surface area contributed by atoms with Crippen molar-refractivity contribution in [2.75, 3.05) is 12.4 Å². The van der Waals surface area contributed by atoms with Crippen molar-refractivity contribution in [3.63, 3.8) is 0 Å². The third-order valence-corrected chi connectivity index (χ3v) is 4.16. The molecular weight excluding hydrogens is 399 g/mol. The van der Waals surface area contributed by atoms with Gasteiger partial charge in [-0.05, 0) is 25.1 Å². The molecule has 2 aromatic heterocycles. The summed E-state index contributed by atoms with van der Waals surface area (Å²) in [5.41, 5.74) is -0.647. The molecule has 0 unspecified atom stereocenters. The van der Waals surface area contributed by atoms with Gasteiger partial charge >= 0.3 is 6.18 Å². The molecule has 0 aliphatic carbocycles. The van der Waals surface area contributed by atoms with E-state index in [1.54, 1.807) is 18.2 Å². The molecule has 11 heteroatoms. The molecular formula is C17H15ClF3N5O2. The molecule has 3 rings (SSSR count). The fourth-order valence-electron chi connectivity index (χ4n) is 2.69. The highest BCUT2D eigenvalue weighted by molar-refractivity contribution is 6.31. The number of carbonyl (C=O) groups is 1. The lowest BCUT2D eigenvalue weighted by atomic mass is 10.1. The van der Waals surface area contributed by atoms with Crippen molar-refractivity contribution >= 4 is 23.3 Å². The van der Waals surface area contributed by atoms with Gasteiger partial charge in [-0.3, -0.25) is 14.6 Å². The summed E-state index contributed by atoms with van der Waals surface area (Å²) in [6, 6.07) is 6.40. The summed E-state index contributed by atoms with van der Waals surface area (Å²) < 4.78 is 45.8. The Balaban J connectivity index is 1.88. The first kappa shape index (κ1) is 19.7. The average molecular weight is 414 g/mol. The second kappa shape index (κ2) is 7.55. The number of aryl methyl sites for hydroxylation is 1. The molecule has 0 aliphatic heterocycles. The summed E-state index contributed by atoms with van der Waals surface area (Å²) in [4.78, 5) is 12.4. The van der Waals surface area contributed by atoms with Gasteiger partial charge in [0.15, 0.2) is 11.5 Å². The number of nitrogens with zero attached hydrogens (tertiary/aromatic N) is 3. The lowest BCUT2D eigenvalue weighted by molar-refractivity contribution is -0.144. The number of carbonyl (C=O) groups excluding carboxylic acids is 1. The zero-order chi connectivity index (χ0) is 20.5. The molecule has 0 fully saturated rings. The number of nitrogens with one attached hydrogen (secondary N) is 2. The topological polar surface area (TPSA) is 84.8 Å². The van der Waals surface area contributed by atoms with Gasteiger partial charge in [-0.1, -0.05) is 11.6 Å². The first-order valence-electron chi connectivity index (χ1n) is 8.08. The number of ether oxygens (including phenoxy) is 1. The maximum Gasteiger partial charge on any atom is 0.433 e. The van der Waals surface area contributed by atoms with Crippen LogP contribution in [0.3, 0.4) is 0 Å². The summed E-state index contributed by atoms with van der Waals surface area (Å²) in [5.74, 6) is -0.419. The number of halogens is 4. The Morgan fingerprint density at radius 2 is 2.11 bits per heavy atom. The van der Waals surface area contributed by atoms with Crippen molar-refractivity contribution < 1.29 is 22.7 Å².